The fourth-order valence-corrected chi connectivity index (χ4v) is 1.33. The molecule has 0 aliphatic rings. The van der Waals surface area contributed by atoms with Gasteiger partial charge in [-0.25, -0.2) is 0 Å². The summed E-state index contributed by atoms with van der Waals surface area (Å²) in [7, 11) is 3.91. The van der Waals surface area contributed by atoms with Crippen LogP contribution in [-0.2, 0) is 4.74 Å². The van der Waals surface area contributed by atoms with E-state index in [0.717, 1.165) is 19.6 Å². The molecule has 0 saturated heterocycles. The Hall–Kier alpha value is 0.270. The van der Waals surface area contributed by atoms with Gasteiger partial charge in [0.05, 0.1) is 0 Å². The molecule has 0 unspecified atom stereocenters. The van der Waals surface area contributed by atoms with Gasteiger partial charge in [-0.1, -0.05) is 0 Å². The molecule has 0 bridgehead atoms. The molecule has 0 radical (unpaired) electrons. The van der Waals surface area contributed by atoms with E-state index in [-0.39, 0.29) is 0 Å². The highest BCUT2D eigenvalue weighted by Gasteiger charge is 1.95. The van der Waals surface area contributed by atoms with Crippen LogP contribution in [0.15, 0.2) is 0 Å². The van der Waals surface area contributed by atoms with Gasteiger partial charge in [0.25, 0.3) is 0 Å². The summed E-state index contributed by atoms with van der Waals surface area (Å²) in [6.07, 6.45) is 3.28. The van der Waals surface area contributed by atoms with Crippen LogP contribution in [0, 0.1) is 0 Å². The summed E-state index contributed by atoms with van der Waals surface area (Å²) in [5.41, 5.74) is 0. The van der Waals surface area contributed by atoms with Crippen molar-refractivity contribution in [2.75, 3.05) is 45.9 Å². The van der Waals surface area contributed by atoms with Crippen LogP contribution in [-0.4, -0.2) is 50.8 Å². The second-order valence-corrected chi connectivity index (χ2v) is 3.63. The number of methoxy groups -OCH3 is 1. The van der Waals surface area contributed by atoms with E-state index in [0.29, 0.717) is 0 Å². The zero-order valence-electron chi connectivity index (χ0n) is 7.80. The van der Waals surface area contributed by atoms with Crippen LogP contribution in [0.2, 0.25) is 0 Å². The molecule has 0 aromatic carbocycles. The minimum atomic E-state index is 0.879. The highest BCUT2D eigenvalue weighted by Crippen LogP contribution is 1.94. The maximum absolute atomic E-state index is 4.96. The van der Waals surface area contributed by atoms with Crippen molar-refractivity contribution in [3.8, 4) is 0 Å². The van der Waals surface area contributed by atoms with Gasteiger partial charge in [0.2, 0.25) is 0 Å². The van der Waals surface area contributed by atoms with E-state index in [1.165, 1.54) is 12.3 Å². The lowest BCUT2D eigenvalue weighted by Crippen LogP contribution is -2.23. The van der Waals surface area contributed by atoms with Gasteiger partial charge >= 0.3 is 0 Å². The molecule has 0 heterocycles. The van der Waals surface area contributed by atoms with Crippen LogP contribution in [0.5, 0.6) is 0 Å². The molecule has 68 valence electrons. The number of rotatable bonds is 7. The van der Waals surface area contributed by atoms with E-state index in [4.69, 9.17) is 4.74 Å². The summed E-state index contributed by atoms with van der Waals surface area (Å²) in [5.74, 6) is 1.23. The third-order valence-corrected chi connectivity index (χ3v) is 2.16. The van der Waals surface area contributed by atoms with Gasteiger partial charge in [-0.05, 0) is 19.7 Å². The highest BCUT2D eigenvalue weighted by molar-refractivity contribution is 7.98. The van der Waals surface area contributed by atoms with E-state index < -0.39 is 0 Å². The first-order chi connectivity index (χ1) is 5.31. The Morgan fingerprint density at radius 1 is 1.36 bits per heavy atom. The Kier molecular flexibility index (Phi) is 8.57. The second kappa shape index (κ2) is 8.37. The first-order valence-corrected chi connectivity index (χ1v) is 5.37. The molecule has 0 saturated carbocycles. The van der Waals surface area contributed by atoms with Crippen molar-refractivity contribution in [2.24, 2.45) is 0 Å². The number of hydrogen-bond acceptors (Lipinski definition) is 3. The SMILES string of the molecule is COCCCN(C)CCSC. The maximum Gasteiger partial charge on any atom is 0.0474 e. The van der Waals surface area contributed by atoms with Crippen LogP contribution < -0.4 is 0 Å². The molecular weight excluding hydrogens is 158 g/mol. The van der Waals surface area contributed by atoms with E-state index in [2.05, 4.69) is 18.2 Å². The molecule has 0 aromatic rings. The standard InChI is InChI=1S/C8H19NOS/c1-9(6-8-11-3)5-4-7-10-2/h4-8H2,1-3H3. The summed E-state index contributed by atoms with van der Waals surface area (Å²) in [6, 6.07) is 0. The average Bonchev–Trinajstić information content (AvgIpc) is 2.01. The van der Waals surface area contributed by atoms with Gasteiger partial charge in [-0.3, -0.25) is 0 Å². The van der Waals surface area contributed by atoms with Crippen LogP contribution in [0.25, 0.3) is 0 Å². The fourth-order valence-electron chi connectivity index (χ4n) is 0.838. The fraction of sp³-hybridized carbons (Fsp3) is 1.00. The average molecular weight is 177 g/mol. The molecule has 0 aromatic heterocycles. The van der Waals surface area contributed by atoms with Gasteiger partial charge in [0, 0.05) is 32.6 Å². The first-order valence-electron chi connectivity index (χ1n) is 3.97. The number of ether oxygens (including phenoxy) is 1. The summed E-state index contributed by atoms with van der Waals surface area (Å²) in [5, 5.41) is 0. The van der Waals surface area contributed by atoms with E-state index >= 15 is 0 Å². The van der Waals surface area contributed by atoms with Gasteiger partial charge in [-0.2, -0.15) is 11.8 Å². The largest absolute Gasteiger partial charge is 0.385 e. The van der Waals surface area contributed by atoms with Crippen molar-refractivity contribution in [2.45, 2.75) is 6.42 Å². The summed E-state index contributed by atoms with van der Waals surface area (Å²) >= 11 is 1.90. The number of nitrogens with zero attached hydrogens (tertiary/aromatic N) is 1. The molecular formula is C8H19NOS. The quantitative estimate of drug-likeness (QED) is 0.544. The Morgan fingerprint density at radius 2 is 2.09 bits per heavy atom. The van der Waals surface area contributed by atoms with E-state index in [1.54, 1.807) is 7.11 Å². The minimum Gasteiger partial charge on any atom is -0.385 e. The topological polar surface area (TPSA) is 12.5 Å². The van der Waals surface area contributed by atoms with Crippen LogP contribution >= 0.6 is 11.8 Å². The minimum absolute atomic E-state index is 0.879. The molecule has 0 rings (SSSR count). The van der Waals surface area contributed by atoms with Crippen LogP contribution in [0.4, 0.5) is 0 Å². The summed E-state index contributed by atoms with van der Waals surface area (Å²) in [4.78, 5) is 2.34. The molecule has 11 heavy (non-hydrogen) atoms. The summed E-state index contributed by atoms with van der Waals surface area (Å²) in [6.45, 7) is 3.21. The molecule has 0 amide bonds. The Morgan fingerprint density at radius 3 is 2.64 bits per heavy atom. The predicted molar refractivity (Wildman–Crippen MR) is 52.4 cm³/mol. The van der Waals surface area contributed by atoms with Crippen molar-refractivity contribution in [1.82, 2.24) is 4.90 Å². The third kappa shape index (κ3) is 8.17. The number of hydrogen-bond donors (Lipinski definition) is 0. The molecule has 0 aliphatic carbocycles. The van der Waals surface area contributed by atoms with Crippen molar-refractivity contribution in [3.63, 3.8) is 0 Å². The van der Waals surface area contributed by atoms with Gasteiger partial charge in [0.15, 0.2) is 0 Å². The van der Waals surface area contributed by atoms with Crippen molar-refractivity contribution >= 4 is 11.8 Å². The van der Waals surface area contributed by atoms with Gasteiger partial charge < -0.3 is 9.64 Å². The smallest absolute Gasteiger partial charge is 0.0474 e. The molecule has 0 aliphatic heterocycles. The number of thioether (sulfide) groups is 1. The predicted octanol–water partition coefficient (Wildman–Crippen LogP) is 1.32. The first kappa shape index (κ1) is 11.3. The highest BCUT2D eigenvalue weighted by atomic mass is 32.2. The third-order valence-electron chi connectivity index (χ3n) is 1.57. The van der Waals surface area contributed by atoms with Crippen molar-refractivity contribution < 1.29 is 4.74 Å². The second-order valence-electron chi connectivity index (χ2n) is 2.64. The normalized spacial score (nSPS) is 10.9. The molecule has 0 atom stereocenters. The molecule has 3 heteroatoms. The maximum atomic E-state index is 4.96. The molecule has 2 nitrogen and oxygen atoms in total. The molecule has 0 fully saturated rings. The van der Waals surface area contributed by atoms with Crippen LogP contribution in [0.1, 0.15) is 6.42 Å². The summed E-state index contributed by atoms with van der Waals surface area (Å²) < 4.78 is 4.96. The van der Waals surface area contributed by atoms with Gasteiger partial charge in [0.1, 0.15) is 0 Å². The molecule has 0 spiro atoms. The lowest BCUT2D eigenvalue weighted by molar-refractivity contribution is 0.181. The lowest BCUT2D eigenvalue weighted by atomic mass is 10.4. The lowest BCUT2D eigenvalue weighted by Gasteiger charge is -2.14. The zero-order chi connectivity index (χ0) is 8.53. The van der Waals surface area contributed by atoms with Gasteiger partial charge in [-0.15, -0.1) is 0 Å². The Labute approximate surface area is 74.3 Å². The monoisotopic (exact) mass is 177 g/mol. The zero-order valence-corrected chi connectivity index (χ0v) is 8.62. The van der Waals surface area contributed by atoms with E-state index in [1.807, 2.05) is 11.8 Å². The Bertz CT molecular complexity index is 80.5. The Balaban J connectivity index is 3.02. The van der Waals surface area contributed by atoms with Crippen molar-refractivity contribution in [3.05, 3.63) is 0 Å². The molecule has 0 N–H and O–H groups in total. The van der Waals surface area contributed by atoms with Crippen molar-refractivity contribution in [1.29, 1.82) is 0 Å². The van der Waals surface area contributed by atoms with Crippen LogP contribution in [0.3, 0.4) is 0 Å². The van der Waals surface area contributed by atoms with E-state index in [9.17, 15) is 0 Å².